The molecule has 0 saturated carbocycles. The molecule has 0 aliphatic carbocycles. The Morgan fingerprint density at radius 3 is 2.60 bits per heavy atom. The molecule has 15 heavy (non-hydrogen) atoms. The molecule has 0 saturated heterocycles. The highest BCUT2D eigenvalue weighted by Gasteiger charge is 2.23. The molecule has 0 fully saturated rings. The van der Waals surface area contributed by atoms with E-state index in [0.717, 1.165) is 16.3 Å². The van der Waals surface area contributed by atoms with Crippen molar-refractivity contribution in [3.05, 3.63) is 42.0 Å². The molecule has 0 radical (unpaired) electrons. The third kappa shape index (κ3) is 1.19. The topological polar surface area (TPSA) is 46.2 Å². The van der Waals surface area contributed by atoms with Gasteiger partial charge in [0.15, 0.2) is 0 Å². The quantitative estimate of drug-likeness (QED) is 0.732. The van der Waals surface area contributed by atoms with Crippen LogP contribution in [0.15, 0.2) is 41.3 Å². The first kappa shape index (κ1) is 8.88. The third-order valence-corrected chi connectivity index (χ3v) is 4.14. The zero-order valence-corrected chi connectivity index (χ0v) is 8.71. The van der Waals surface area contributed by atoms with E-state index in [1.807, 2.05) is 24.3 Å². The van der Waals surface area contributed by atoms with E-state index in [1.54, 1.807) is 12.1 Å². The average Bonchev–Trinajstić information content (AvgIpc) is 2.24. The van der Waals surface area contributed by atoms with Gasteiger partial charge in [0.25, 0.3) is 0 Å². The average molecular weight is 219 g/mol. The van der Waals surface area contributed by atoms with Gasteiger partial charge in [0.1, 0.15) is 0 Å². The van der Waals surface area contributed by atoms with Crippen molar-refractivity contribution >= 4 is 20.8 Å². The minimum absolute atomic E-state index is 0.386. The van der Waals surface area contributed by atoms with Crippen LogP contribution in [0.5, 0.6) is 0 Å². The second kappa shape index (κ2) is 2.81. The summed E-state index contributed by atoms with van der Waals surface area (Å²) in [6, 6.07) is 11.2. The van der Waals surface area contributed by atoms with Crippen molar-refractivity contribution in [1.29, 1.82) is 0 Å². The largest absolute Gasteiger partial charge is 0.241 e. The molecule has 76 valence electrons. The molecule has 3 rings (SSSR count). The van der Waals surface area contributed by atoms with E-state index >= 15 is 0 Å². The van der Waals surface area contributed by atoms with Crippen LogP contribution in [-0.4, -0.2) is 8.42 Å². The Morgan fingerprint density at radius 1 is 1.07 bits per heavy atom. The van der Waals surface area contributed by atoms with Gasteiger partial charge in [-0.2, -0.15) is 0 Å². The molecule has 0 bridgehead atoms. The number of rotatable bonds is 0. The van der Waals surface area contributed by atoms with E-state index in [2.05, 4.69) is 4.72 Å². The van der Waals surface area contributed by atoms with Crippen LogP contribution in [0.4, 0.5) is 0 Å². The van der Waals surface area contributed by atoms with Crippen LogP contribution in [-0.2, 0) is 16.6 Å². The SMILES string of the molecule is O=S1(=O)NCc2cccc3cccc1c23. The highest BCUT2D eigenvalue weighted by atomic mass is 32.2. The van der Waals surface area contributed by atoms with E-state index in [0.29, 0.717) is 11.4 Å². The van der Waals surface area contributed by atoms with Gasteiger partial charge in [0.05, 0.1) is 4.90 Å². The van der Waals surface area contributed by atoms with Crippen molar-refractivity contribution < 1.29 is 8.42 Å². The van der Waals surface area contributed by atoms with E-state index in [-0.39, 0.29) is 0 Å². The Bertz CT molecular complexity index is 641. The molecule has 1 aliphatic heterocycles. The first-order valence-corrected chi connectivity index (χ1v) is 6.17. The van der Waals surface area contributed by atoms with Crippen LogP contribution in [0, 0.1) is 0 Å². The molecular formula is C11H9NO2S. The summed E-state index contributed by atoms with van der Waals surface area (Å²) < 4.78 is 26.0. The molecule has 0 unspecified atom stereocenters. The summed E-state index contributed by atoms with van der Waals surface area (Å²) in [5.74, 6) is 0. The lowest BCUT2D eigenvalue weighted by molar-refractivity contribution is 0.580. The van der Waals surface area contributed by atoms with Crippen LogP contribution in [0.1, 0.15) is 5.56 Å². The predicted molar refractivity (Wildman–Crippen MR) is 58.0 cm³/mol. The molecule has 0 atom stereocenters. The maximum absolute atomic E-state index is 11.7. The van der Waals surface area contributed by atoms with Crippen LogP contribution >= 0.6 is 0 Å². The molecule has 2 aromatic rings. The van der Waals surface area contributed by atoms with Crippen molar-refractivity contribution in [1.82, 2.24) is 4.72 Å². The summed E-state index contributed by atoms with van der Waals surface area (Å²) in [6.45, 7) is 0.386. The molecule has 1 N–H and O–H groups in total. The standard InChI is InChI=1S/C11H9NO2S/c13-15(14)10-6-2-4-8-3-1-5-9(7-12-15)11(8)10/h1-6,12H,7H2. The number of hydrogen-bond donors (Lipinski definition) is 1. The molecule has 0 aromatic heterocycles. The Labute approximate surface area is 87.8 Å². The monoisotopic (exact) mass is 219 g/mol. The summed E-state index contributed by atoms with van der Waals surface area (Å²) in [6.07, 6.45) is 0. The Balaban J connectivity index is 2.58. The van der Waals surface area contributed by atoms with E-state index in [1.165, 1.54) is 0 Å². The van der Waals surface area contributed by atoms with Crippen LogP contribution in [0.2, 0.25) is 0 Å². The van der Waals surface area contributed by atoms with Gasteiger partial charge in [-0.25, -0.2) is 13.1 Å². The van der Waals surface area contributed by atoms with E-state index in [4.69, 9.17) is 0 Å². The molecular weight excluding hydrogens is 210 g/mol. The molecule has 2 aromatic carbocycles. The summed E-state index contributed by atoms with van der Waals surface area (Å²) in [4.78, 5) is 0.391. The van der Waals surface area contributed by atoms with Crippen molar-refractivity contribution in [3.63, 3.8) is 0 Å². The fourth-order valence-electron chi connectivity index (χ4n) is 2.00. The maximum atomic E-state index is 11.7. The van der Waals surface area contributed by atoms with Gasteiger partial charge in [-0.1, -0.05) is 30.3 Å². The fraction of sp³-hybridized carbons (Fsp3) is 0.0909. The molecule has 0 amide bonds. The minimum atomic E-state index is -3.30. The van der Waals surface area contributed by atoms with Gasteiger partial charge in [-0.3, -0.25) is 0 Å². The smallest absolute Gasteiger partial charge is 0.207 e. The van der Waals surface area contributed by atoms with Gasteiger partial charge < -0.3 is 0 Å². The second-order valence-electron chi connectivity index (χ2n) is 3.60. The van der Waals surface area contributed by atoms with Crippen molar-refractivity contribution in [2.45, 2.75) is 11.4 Å². The number of sulfonamides is 1. The van der Waals surface area contributed by atoms with E-state index < -0.39 is 10.0 Å². The minimum Gasteiger partial charge on any atom is -0.207 e. The lowest BCUT2D eigenvalue weighted by Crippen LogP contribution is -2.27. The predicted octanol–water partition coefficient (Wildman–Crippen LogP) is 1.63. The second-order valence-corrected chi connectivity index (χ2v) is 5.33. The van der Waals surface area contributed by atoms with Crippen molar-refractivity contribution in [3.8, 4) is 0 Å². The van der Waals surface area contributed by atoms with E-state index in [9.17, 15) is 8.42 Å². The van der Waals surface area contributed by atoms with Crippen molar-refractivity contribution in [2.75, 3.05) is 0 Å². The third-order valence-electron chi connectivity index (χ3n) is 2.69. The van der Waals surface area contributed by atoms with Crippen molar-refractivity contribution in [2.24, 2.45) is 0 Å². The van der Waals surface area contributed by atoms with Gasteiger partial charge >= 0.3 is 0 Å². The summed E-state index contributed by atoms with van der Waals surface area (Å²) >= 11 is 0. The molecule has 1 aliphatic rings. The number of benzene rings is 2. The zero-order valence-electron chi connectivity index (χ0n) is 7.90. The number of hydrogen-bond acceptors (Lipinski definition) is 2. The Morgan fingerprint density at radius 2 is 1.80 bits per heavy atom. The van der Waals surface area contributed by atoms with Gasteiger partial charge in [-0.15, -0.1) is 0 Å². The maximum Gasteiger partial charge on any atom is 0.241 e. The van der Waals surface area contributed by atoms with Crippen LogP contribution in [0.3, 0.4) is 0 Å². The zero-order chi connectivity index (χ0) is 10.5. The molecule has 3 nitrogen and oxygen atoms in total. The lowest BCUT2D eigenvalue weighted by Gasteiger charge is -2.17. The first-order valence-electron chi connectivity index (χ1n) is 4.69. The van der Waals surface area contributed by atoms with Crippen LogP contribution in [0.25, 0.3) is 10.8 Å². The van der Waals surface area contributed by atoms with Gasteiger partial charge in [0.2, 0.25) is 10.0 Å². The summed E-state index contributed by atoms with van der Waals surface area (Å²) in [7, 11) is -3.30. The lowest BCUT2D eigenvalue weighted by atomic mass is 10.0. The Kier molecular flexibility index (Phi) is 1.66. The highest BCUT2D eigenvalue weighted by molar-refractivity contribution is 7.89. The highest BCUT2D eigenvalue weighted by Crippen LogP contribution is 2.29. The number of nitrogens with one attached hydrogen (secondary N) is 1. The first-order chi connectivity index (χ1) is 7.18. The summed E-state index contributed by atoms with van der Waals surface area (Å²) in [5, 5.41) is 1.84. The van der Waals surface area contributed by atoms with Gasteiger partial charge in [-0.05, 0) is 17.0 Å². The van der Waals surface area contributed by atoms with Gasteiger partial charge in [0, 0.05) is 11.9 Å². The fourth-order valence-corrected chi connectivity index (χ4v) is 3.28. The normalized spacial score (nSPS) is 17.9. The van der Waals surface area contributed by atoms with Crippen LogP contribution < -0.4 is 4.72 Å². The Hall–Kier alpha value is -1.39. The summed E-state index contributed by atoms with van der Waals surface area (Å²) in [5.41, 5.74) is 1.04. The molecule has 1 heterocycles. The molecule has 0 spiro atoms. The molecule has 4 heteroatoms.